The van der Waals surface area contributed by atoms with Gasteiger partial charge in [0, 0.05) is 43.4 Å². The predicted octanol–water partition coefficient (Wildman–Crippen LogP) is 3.85. The summed E-state index contributed by atoms with van der Waals surface area (Å²) >= 11 is 0. The molecule has 2 aliphatic rings. The highest BCUT2D eigenvalue weighted by atomic mass is 19.1. The van der Waals surface area contributed by atoms with Gasteiger partial charge in [0.25, 0.3) is 5.91 Å². The van der Waals surface area contributed by atoms with Crippen molar-refractivity contribution in [1.29, 1.82) is 0 Å². The summed E-state index contributed by atoms with van der Waals surface area (Å²) in [5.74, 6) is -2.73. The molecule has 0 spiro atoms. The van der Waals surface area contributed by atoms with Crippen LogP contribution in [0.1, 0.15) is 61.3 Å². The van der Waals surface area contributed by atoms with Crippen molar-refractivity contribution in [2.75, 3.05) is 13.1 Å². The molecule has 0 radical (unpaired) electrons. The molecule has 1 saturated heterocycles. The predicted molar refractivity (Wildman–Crippen MR) is 128 cm³/mol. The number of nitrogens with one attached hydrogen (secondary N) is 2. The maximum atomic E-state index is 14.1. The van der Waals surface area contributed by atoms with Crippen LogP contribution in [0, 0.1) is 17.6 Å². The minimum atomic E-state index is -0.819. The third-order valence-corrected chi connectivity index (χ3v) is 7.34. The van der Waals surface area contributed by atoms with Crippen molar-refractivity contribution in [1.82, 2.24) is 25.8 Å². The summed E-state index contributed by atoms with van der Waals surface area (Å²) in [5.41, 5.74) is 0.560. The largest absolute Gasteiger partial charge is 0.364 e. The number of likely N-dealkylation sites (tertiary alicyclic amines) is 1. The first-order chi connectivity index (χ1) is 17.9. The van der Waals surface area contributed by atoms with Gasteiger partial charge in [0.15, 0.2) is 11.5 Å². The number of hydrogen-bond acceptors (Lipinski definition) is 7. The average Bonchev–Trinajstić information content (AvgIpc) is 3.67. The summed E-state index contributed by atoms with van der Waals surface area (Å²) in [7, 11) is 0. The van der Waals surface area contributed by atoms with Crippen LogP contribution in [0.4, 0.5) is 8.78 Å². The normalized spacial score (nSPS) is 21.6. The summed E-state index contributed by atoms with van der Waals surface area (Å²) in [6.45, 7) is 3.12. The molecule has 2 amide bonds. The zero-order valence-electron chi connectivity index (χ0n) is 20.5. The molecule has 1 unspecified atom stereocenters. The molecule has 1 saturated carbocycles. The first-order valence-electron chi connectivity index (χ1n) is 12.6. The van der Waals surface area contributed by atoms with Crippen LogP contribution in [0.3, 0.4) is 0 Å². The lowest BCUT2D eigenvalue weighted by atomic mass is 9.89. The van der Waals surface area contributed by atoms with Gasteiger partial charge in [-0.25, -0.2) is 8.78 Å². The molecule has 11 heteroatoms. The molecule has 196 valence electrons. The number of rotatable bonds is 7. The van der Waals surface area contributed by atoms with E-state index in [1.807, 2.05) is 6.92 Å². The molecule has 3 atom stereocenters. The van der Waals surface area contributed by atoms with E-state index in [4.69, 9.17) is 9.05 Å². The number of carbonyl (C=O) groups is 2. The Labute approximate surface area is 212 Å². The van der Waals surface area contributed by atoms with E-state index < -0.39 is 29.5 Å². The van der Waals surface area contributed by atoms with Gasteiger partial charge in [0.2, 0.25) is 5.91 Å². The molecule has 2 aromatic heterocycles. The monoisotopic (exact) mass is 513 g/mol. The minimum Gasteiger partial charge on any atom is -0.364 e. The number of aromatic nitrogens is 2. The first-order valence-corrected chi connectivity index (χ1v) is 12.6. The summed E-state index contributed by atoms with van der Waals surface area (Å²) < 4.78 is 37.4. The molecular weight excluding hydrogens is 484 g/mol. The highest BCUT2D eigenvalue weighted by Gasteiger charge is 2.39. The summed E-state index contributed by atoms with van der Waals surface area (Å²) in [6, 6.07) is 5.72. The van der Waals surface area contributed by atoms with Gasteiger partial charge in [-0.2, -0.15) is 0 Å². The van der Waals surface area contributed by atoms with E-state index in [-0.39, 0.29) is 29.0 Å². The summed E-state index contributed by atoms with van der Waals surface area (Å²) in [5, 5.41) is 13.6. The lowest BCUT2D eigenvalue weighted by Gasteiger charge is -2.41. The fourth-order valence-electron chi connectivity index (χ4n) is 5.30. The number of halogens is 2. The SMILES string of the molecule is CC(NC(=O)[C@H]1CN(C2CCCC2)CC[C@@H]1NC(=O)c1cc(-c2ccc(F)cc2F)on1)c1ccon1. The second-order valence-electron chi connectivity index (χ2n) is 9.76. The van der Waals surface area contributed by atoms with Gasteiger partial charge < -0.3 is 19.7 Å². The fourth-order valence-corrected chi connectivity index (χ4v) is 5.30. The molecule has 5 rings (SSSR count). The van der Waals surface area contributed by atoms with E-state index in [0.717, 1.165) is 31.5 Å². The van der Waals surface area contributed by atoms with Crippen molar-refractivity contribution >= 4 is 11.8 Å². The maximum Gasteiger partial charge on any atom is 0.273 e. The Balaban J connectivity index is 1.30. The van der Waals surface area contributed by atoms with E-state index in [0.29, 0.717) is 24.7 Å². The van der Waals surface area contributed by atoms with Crippen LogP contribution >= 0.6 is 0 Å². The maximum absolute atomic E-state index is 14.1. The quantitative estimate of drug-likeness (QED) is 0.493. The molecule has 0 bridgehead atoms. The van der Waals surface area contributed by atoms with E-state index in [9.17, 15) is 18.4 Å². The Bertz CT molecular complexity index is 1240. The highest BCUT2D eigenvalue weighted by Crippen LogP contribution is 2.29. The molecule has 1 aliphatic carbocycles. The zero-order valence-corrected chi connectivity index (χ0v) is 20.5. The number of amides is 2. The molecule has 3 aromatic rings. The van der Waals surface area contributed by atoms with E-state index >= 15 is 0 Å². The molecular formula is C26H29F2N5O4. The number of hydrogen-bond donors (Lipinski definition) is 2. The van der Waals surface area contributed by atoms with Gasteiger partial charge in [-0.15, -0.1) is 0 Å². The summed E-state index contributed by atoms with van der Waals surface area (Å²) in [6.07, 6.45) is 6.64. The van der Waals surface area contributed by atoms with E-state index in [1.165, 1.54) is 31.2 Å². The lowest BCUT2D eigenvalue weighted by Crippen LogP contribution is -2.57. The standard InChI is InChI=1S/C26H29F2N5O4/c1-15(21-9-11-36-31-21)29-25(34)19-14-33(17-4-2-3-5-17)10-8-22(19)30-26(35)23-13-24(37-32-23)18-7-6-16(27)12-20(18)28/h6-7,9,11-13,15,17,19,22H,2-5,8,10,14H2,1H3,(H,29,34)(H,30,35)/t15?,19-,22-/m0/s1. The Morgan fingerprint density at radius 1 is 1.11 bits per heavy atom. The Kier molecular flexibility index (Phi) is 7.31. The van der Waals surface area contributed by atoms with Crippen LogP contribution in [0.15, 0.2) is 45.6 Å². The molecule has 9 nitrogen and oxygen atoms in total. The zero-order chi connectivity index (χ0) is 25.9. The first kappa shape index (κ1) is 25.1. The van der Waals surface area contributed by atoms with Crippen molar-refractivity contribution < 1.29 is 27.4 Å². The Morgan fingerprint density at radius 3 is 2.65 bits per heavy atom. The molecule has 1 aliphatic heterocycles. The van der Waals surface area contributed by atoms with Crippen molar-refractivity contribution in [3.8, 4) is 11.3 Å². The number of nitrogens with zero attached hydrogens (tertiary/aromatic N) is 3. The molecule has 37 heavy (non-hydrogen) atoms. The molecule has 2 fully saturated rings. The van der Waals surface area contributed by atoms with Crippen LogP contribution in [0.2, 0.25) is 0 Å². The minimum absolute atomic E-state index is 0.00285. The summed E-state index contributed by atoms with van der Waals surface area (Å²) in [4.78, 5) is 28.8. The van der Waals surface area contributed by atoms with Crippen LogP contribution in [0.5, 0.6) is 0 Å². The molecule has 3 heterocycles. The van der Waals surface area contributed by atoms with Crippen molar-refractivity contribution in [2.45, 2.75) is 57.2 Å². The fraction of sp³-hybridized carbons (Fsp3) is 0.462. The van der Waals surface area contributed by atoms with Gasteiger partial charge in [-0.3, -0.25) is 14.5 Å². The molecule has 1 aromatic carbocycles. The Morgan fingerprint density at radius 2 is 1.92 bits per heavy atom. The van der Waals surface area contributed by atoms with Gasteiger partial charge in [0.05, 0.1) is 17.5 Å². The smallest absolute Gasteiger partial charge is 0.273 e. The third kappa shape index (κ3) is 5.56. The van der Waals surface area contributed by atoms with Crippen LogP contribution < -0.4 is 10.6 Å². The van der Waals surface area contributed by atoms with Gasteiger partial charge in [-0.05, 0) is 38.3 Å². The number of benzene rings is 1. The Hall–Kier alpha value is -3.60. The van der Waals surface area contributed by atoms with Crippen LogP contribution in [-0.2, 0) is 4.79 Å². The topological polar surface area (TPSA) is 114 Å². The van der Waals surface area contributed by atoms with Crippen LogP contribution in [0.25, 0.3) is 11.3 Å². The number of carbonyl (C=O) groups excluding carboxylic acids is 2. The van der Waals surface area contributed by atoms with Crippen LogP contribution in [-0.4, -0.2) is 52.2 Å². The van der Waals surface area contributed by atoms with Gasteiger partial charge >= 0.3 is 0 Å². The second kappa shape index (κ2) is 10.8. The van der Waals surface area contributed by atoms with Crippen molar-refractivity contribution in [3.05, 3.63) is 59.6 Å². The highest BCUT2D eigenvalue weighted by molar-refractivity contribution is 5.94. The third-order valence-electron chi connectivity index (χ3n) is 7.34. The van der Waals surface area contributed by atoms with E-state index in [2.05, 4.69) is 25.8 Å². The van der Waals surface area contributed by atoms with Crippen molar-refractivity contribution in [3.63, 3.8) is 0 Å². The van der Waals surface area contributed by atoms with E-state index in [1.54, 1.807) is 6.07 Å². The lowest BCUT2D eigenvalue weighted by molar-refractivity contribution is -0.128. The molecule has 2 N–H and O–H groups in total. The average molecular weight is 514 g/mol. The van der Waals surface area contributed by atoms with Gasteiger partial charge in [0.1, 0.15) is 23.6 Å². The second-order valence-corrected chi connectivity index (χ2v) is 9.76. The van der Waals surface area contributed by atoms with Crippen molar-refractivity contribution in [2.24, 2.45) is 5.92 Å². The number of piperidine rings is 1. The van der Waals surface area contributed by atoms with Gasteiger partial charge in [-0.1, -0.05) is 23.2 Å².